The zero-order chi connectivity index (χ0) is 17.6. The van der Waals surface area contributed by atoms with Gasteiger partial charge in [0, 0.05) is 29.4 Å². The maximum Gasteiger partial charge on any atom is 0.261 e. The molecule has 1 aliphatic carbocycles. The highest BCUT2D eigenvalue weighted by molar-refractivity contribution is 6.06. The summed E-state index contributed by atoms with van der Waals surface area (Å²) >= 11 is 0. The summed E-state index contributed by atoms with van der Waals surface area (Å²) < 4.78 is 10.5. The largest absolute Gasteiger partial charge is 0.454 e. The van der Waals surface area contributed by atoms with Crippen LogP contribution < -0.4 is 20.3 Å². The minimum atomic E-state index is -0.575. The number of carbonyl (C=O) groups excluding carboxylic acids is 2. The van der Waals surface area contributed by atoms with Crippen molar-refractivity contribution in [2.75, 3.05) is 12.1 Å². The molecule has 128 valence electrons. The standard InChI is InChI=1S/C18H16N2O5/c1-9-4-13-11(14(21)5-9)7-12(18(23)20-13)17(22)19-10-2-3-15-16(6-10)25-8-24-15/h2-3,6-7,9H,4-5,8H2,1H3,(H,19,22)(H,20,23)/t9-/m1/s1. The molecule has 25 heavy (non-hydrogen) atoms. The molecule has 1 atom stereocenters. The average molecular weight is 340 g/mol. The lowest BCUT2D eigenvalue weighted by Crippen LogP contribution is -2.29. The Hall–Kier alpha value is -3.09. The summed E-state index contributed by atoms with van der Waals surface area (Å²) in [6, 6.07) is 6.36. The third-order valence-corrected chi connectivity index (χ3v) is 4.38. The molecule has 7 nitrogen and oxygen atoms in total. The first-order valence-electron chi connectivity index (χ1n) is 8.01. The fraction of sp³-hybridized carbons (Fsp3) is 0.278. The van der Waals surface area contributed by atoms with E-state index in [1.807, 2.05) is 6.92 Å². The molecule has 1 amide bonds. The van der Waals surface area contributed by atoms with Crippen molar-refractivity contribution in [1.82, 2.24) is 4.98 Å². The summed E-state index contributed by atoms with van der Waals surface area (Å²) in [5, 5.41) is 2.65. The molecular weight excluding hydrogens is 324 g/mol. The lowest BCUT2D eigenvalue weighted by molar-refractivity contribution is 0.0952. The second-order valence-corrected chi connectivity index (χ2v) is 6.36. The predicted octanol–water partition coefficient (Wildman–Crippen LogP) is 2.12. The van der Waals surface area contributed by atoms with E-state index in [0.717, 1.165) is 0 Å². The molecule has 0 saturated heterocycles. The van der Waals surface area contributed by atoms with Gasteiger partial charge in [0.15, 0.2) is 17.3 Å². The minimum Gasteiger partial charge on any atom is -0.454 e. The van der Waals surface area contributed by atoms with Crippen LogP contribution in [0.25, 0.3) is 0 Å². The van der Waals surface area contributed by atoms with Crippen LogP contribution in [0.1, 0.15) is 39.8 Å². The van der Waals surface area contributed by atoms with E-state index in [0.29, 0.717) is 41.3 Å². The summed E-state index contributed by atoms with van der Waals surface area (Å²) in [7, 11) is 0. The first-order valence-corrected chi connectivity index (χ1v) is 8.01. The van der Waals surface area contributed by atoms with Crippen molar-refractivity contribution in [1.29, 1.82) is 0 Å². The molecule has 0 radical (unpaired) electrons. The summed E-state index contributed by atoms with van der Waals surface area (Å²) in [5.74, 6) is 0.686. The number of pyridine rings is 1. The number of amides is 1. The number of nitrogens with one attached hydrogen (secondary N) is 2. The van der Waals surface area contributed by atoms with Crippen molar-refractivity contribution < 1.29 is 19.1 Å². The lowest BCUT2D eigenvalue weighted by atomic mass is 9.86. The summed E-state index contributed by atoms with van der Waals surface area (Å²) in [4.78, 5) is 39.6. The number of hydrogen-bond donors (Lipinski definition) is 2. The molecule has 2 aromatic rings. The van der Waals surface area contributed by atoms with E-state index in [1.54, 1.807) is 18.2 Å². The Morgan fingerprint density at radius 1 is 1.16 bits per heavy atom. The van der Waals surface area contributed by atoms with Gasteiger partial charge in [0.1, 0.15) is 5.56 Å². The molecule has 2 N–H and O–H groups in total. The summed E-state index contributed by atoms with van der Waals surface area (Å²) in [5.41, 5.74) is 0.923. The summed E-state index contributed by atoms with van der Waals surface area (Å²) in [6.45, 7) is 2.09. The molecule has 1 aromatic carbocycles. The van der Waals surface area contributed by atoms with E-state index in [2.05, 4.69) is 10.3 Å². The van der Waals surface area contributed by atoms with Gasteiger partial charge < -0.3 is 19.8 Å². The molecule has 7 heteroatoms. The van der Waals surface area contributed by atoms with Gasteiger partial charge in [0.25, 0.3) is 11.5 Å². The second kappa shape index (κ2) is 5.77. The van der Waals surface area contributed by atoms with Crippen LogP contribution in [0.3, 0.4) is 0 Å². The monoisotopic (exact) mass is 340 g/mol. The first-order chi connectivity index (χ1) is 12.0. The van der Waals surface area contributed by atoms with Crippen molar-refractivity contribution in [2.24, 2.45) is 5.92 Å². The van der Waals surface area contributed by atoms with E-state index in [4.69, 9.17) is 9.47 Å². The third kappa shape index (κ3) is 2.77. The number of benzene rings is 1. The number of anilines is 1. The van der Waals surface area contributed by atoms with E-state index >= 15 is 0 Å². The zero-order valence-electron chi connectivity index (χ0n) is 13.5. The molecular formula is C18H16N2O5. The number of fused-ring (bicyclic) bond motifs is 2. The van der Waals surface area contributed by atoms with Crippen LogP contribution in [0.5, 0.6) is 11.5 Å². The maximum atomic E-state index is 12.5. The number of aromatic amines is 1. The van der Waals surface area contributed by atoms with Gasteiger partial charge in [-0.15, -0.1) is 0 Å². The molecule has 0 fully saturated rings. The Kier molecular flexibility index (Phi) is 3.56. The Labute approximate surface area is 143 Å². The molecule has 2 heterocycles. The number of H-pyrrole nitrogens is 1. The highest BCUT2D eigenvalue weighted by Crippen LogP contribution is 2.34. The molecule has 1 aliphatic heterocycles. The van der Waals surface area contributed by atoms with Crippen LogP contribution in [-0.2, 0) is 6.42 Å². The molecule has 0 unspecified atom stereocenters. The van der Waals surface area contributed by atoms with E-state index < -0.39 is 11.5 Å². The van der Waals surface area contributed by atoms with Gasteiger partial charge in [-0.3, -0.25) is 14.4 Å². The van der Waals surface area contributed by atoms with Gasteiger partial charge in [-0.05, 0) is 30.5 Å². The van der Waals surface area contributed by atoms with Gasteiger partial charge in [-0.25, -0.2) is 0 Å². The van der Waals surface area contributed by atoms with Crippen LogP contribution in [0.2, 0.25) is 0 Å². The first kappa shape index (κ1) is 15.4. The molecule has 0 spiro atoms. The number of Topliss-reactive ketones (excluding diaryl/α,β-unsaturated/α-hetero) is 1. The molecule has 0 bridgehead atoms. The normalized spacial score (nSPS) is 18.0. The van der Waals surface area contributed by atoms with Crippen molar-refractivity contribution in [2.45, 2.75) is 19.8 Å². The lowest BCUT2D eigenvalue weighted by Gasteiger charge is -2.20. The topological polar surface area (TPSA) is 97.5 Å². The number of aromatic nitrogens is 1. The minimum absolute atomic E-state index is 0.0536. The molecule has 4 rings (SSSR count). The summed E-state index contributed by atoms with van der Waals surface area (Å²) in [6.07, 6.45) is 1.04. The number of carbonyl (C=O) groups is 2. The van der Waals surface area contributed by atoms with Crippen molar-refractivity contribution in [3.8, 4) is 11.5 Å². The number of ether oxygens (including phenoxy) is 2. The van der Waals surface area contributed by atoms with Crippen LogP contribution in [0, 0.1) is 5.92 Å². The highest BCUT2D eigenvalue weighted by Gasteiger charge is 2.26. The third-order valence-electron chi connectivity index (χ3n) is 4.38. The number of ketones is 1. The van der Waals surface area contributed by atoms with Crippen molar-refractivity contribution >= 4 is 17.4 Å². The van der Waals surface area contributed by atoms with Crippen LogP contribution >= 0.6 is 0 Å². The number of rotatable bonds is 2. The van der Waals surface area contributed by atoms with Crippen LogP contribution in [0.4, 0.5) is 5.69 Å². The Bertz CT molecular complexity index is 947. The fourth-order valence-corrected chi connectivity index (χ4v) is 3.17. The smallest absolute Gasteiger partial charge is 0.261 e. The quantitative estimate of drug-likeness (QED) is 0.873. The van der Waals surface area contributed by atoms with Gasteiger partial charge in [0.05, 0.1) is 0 Å². The Balaban J connectivity index is 1.63. The van der Waals surface area contributed by atoms with E-state index in [9.17, 15) is 14.4 Å². The Morgan fingerprint density at radius 3 is 2.80 bits per heavy atom. The predicted molar refractivity (Wildman–Crippen MR) is 89.4 cm³/mol. The molecule has 0 saturated carbocycles. The fourth-order valence-electron chi connectivity index (χ4n) is 3.17. The van der Waals surface area contributed by atoms with Gasteiger partial charge >= 0.3 is 0 Å². The molecule has 2 aliphatic rings. The van der Waals surface area contributed by atoms with E-state index in [-0.39, 0.29) is 24.1 Å². The zero-order valence-corrected chi connectivity index (χ0v) is 13.5. The van der Waals surface area contributed by atoms with Crippen molar-refractivity contribution in [3.63, 3.8) is 0 Å². The number of hydrogen-bond acceptors (Lipinski definition) is 5. The Morgan fingerprint density at radius 2 is 1.96 bits per heavy atom. The second-order valence-electron chi connectivity index (χ2n) is 6.36. The van der Waals surface area contributed by atoms with Gasteiger partial charge in [-0.1, -0.05) is 6.92 Å². The van der Waals surface area contributed by atoms with Gasteiger partial charge in [0.2, 0.25) is 6.79 Å². The molecule has 1 aromatic heterocycles. The van der Waals surface area contributed by atoms with Crippen molar-refractivity contribution in [3.05, 3.63) is 51.4 Å². The highest BCUT2D eigenvalue weighted by atomic mass is 16.7. The van der Waals surface area contributed by atoms with Gasteiger partial charge in [-0.2, -0.15) is 0 Å². The SMILES string of the molecule is C[C@H]1CC(=O)c2cc(C(=O)Nc3ccc4c(c3)OCO4)c(=O)[nH]c2C1. The van der Waals surface area contributed by atoms with Crippen LogP contribution in [-0.4, -0.2) is 23.5 Å². The average Bonchev–Trinajstić information content (AvgIpc) is 3.01. The van der Waals surface area contributed by atoms with E-state index in [1.165, 1.54) is 6.07 Å². The maximum absolute atomic E-state index is 12.5. The van der Waals surface area contributed by atoms with Crippen LogP contribution in [0.15, 0.2) is 29.1 Å².